The lowest BCUT2D eigenvalue weighted by Gasteiger charge is -2.05. The third-order valence-corrected chi connectivity index (χ3v) is 9.40. The lowest BCUT2D eigenvalue weighted by atomic mass is 10.0. The fourth-order valence-corrected chi connectivity index (χ4v) is 6.47. The van der Waals surface area contributed by atoms with Gasteiger partial charge in [0.25, 0.3) is 0 Å². The van der Waals surface area contributed by atoms with Crippen molar-refractivity contribution >= 4 is 20.5 Å². The summed E-state index contributed by atoms with van der Waals surface area (Å²) >= 11 is 4.28. The second kappa shape index (κ2) is 34.9. The predicted molar refractivity (Wildman–Crippen MR) is 184 cm³/mol. The van der Waals surface area contributed by atoms with E-state index < -0.39 is 7.82 Å². The predicted octanol–water partition coefficient (Wildman–Crippen LogP) is 12.9. The summed E-state index contributed by atoms with van der Waals surface area (Å²) in [5.74, 6) is 1.06. The fourth-order valence-electron chi connectivity index (χ4n) is 5.88. The van der Waals surface area contributed by atoms with E-state index in [1.54, 1.807) is 0 Å². The molecule has 0 aromatic rings. The molecule has 0 fully saturated rings. The van der Waals surface area contributed by atoms with Crippen molar-refractivity contribution in [2.24, 2.45) is 0 Å². The summed E-state index contributed by atoms with van der Waals surface area (Å²) in [6.07, 6.45) is 45.5. The largest absolute Gasteiger partial charge is 0.469 e. The van der Waals surface area contributed by atoms with Crippen molar-refractivity contribution < 1.29 is 18.9 Å². The Bertz CT molecular complexity index is 528. The molecule has 4 nitrogen and oxygen atoms in total. The molecule has 0 bridgehead atoms. The third-order valence-electron chi connectivity index (χ3n) is 8.56. The SMILES string of the molecule is O=P(O)(O)OCCCCCCCCCCCCCCCCCCCCCCCCCCCCCCCCCCCS. The van der Waals surface area contributed by atoms with Crippen LogP contribution in [0.15, 0.2) is 0 Å². The van der Waals surface area contributed by atoms with Gasteiger partial charge >= 0.3 is 7.82 Å². The minimum Gasteiger partial charge on any atom is -0.303 e. The highest BCUT2D eigenvalue weighted by molar-refractivity contribution is 7.80. The van der Waals surface area contributed by atoms with E-state index in [0.29, 0.717) is 0 Å². The van der Waals surface area contributed by atoms with Gasteiger partial charge in [-0.1, -0.05) is 199 Å². The maximum atomic E-state index is 10.6. The summed E-state index contributed by atoms with van der Waals surface area (Å²) in [5.41, 5.74) is 0. The molecule has 0 spiro atoms. The first-order chi connectivity index (χ1) is 20.1. The summed E-state index contributed by atoms with van der Waals surface area (Å²) in [7, 11) is -4.27. The molecule has 0 rings (SSSR count). The Labute approximate surface area is 263 Å². The van der Waals surface area contributed by atoms with Gasteiger partial charge in [0.15, 0.2) is 0 Å². The first kappa shape index (κ1) is 41.5. The molecule has 0 heterocycles. The molecule has 0 saturated carbocycles. The molecular weight excluding hydrogens is 547 g/mol. The zero-order valence-corrected chi connectivity index (χ0v) is 29.1. The minimum atomic E-state index is -4.27. The molecule has 0 aliphatic heterocycles. The van der Waals surface area contributed by atoms with Gasteiger partial charge in [-0.3, -0.25) is 4.52 Å². The Kier molecular flexibility index (Phi) is 35.3. The standard InChI is InChI=1S/C35H73O4PS/c36-40(37,38)39-34-32-30-28-26-24-22-20-18-16-14-12-10-8-6-4-2-1-3-5-7-9-11-13-15-17-19-21-23-25-27-29-31-33-35-41/h41H,1-35H2,(H2,36,37,38). The van der Waals surface area contributed by atoms with Crippen LogP contribution >= 0.6 is 20.5 Å². The summed E-state index contributed by atoms with van der Waals surface area (Å²) in [5, 5.41) is 0. The van der Waals surface area contributed by atoms with E-state index in [9.17, 15) is 4.57 Å². The maximum Gasteiger partial charge on any atom is 0.469 e. The van der Waals surface area contributed by atoms with E-state index in [1.165, 1.54) is 193 Å². The second-order valence-corrected chi connectivity index (χ2v) is 14.4. The zero-order chi connectivity index (χ0) is 30.0. The molecule has 0 aliphatic rings. The Hall–Kier alpha value is 0.460. The van der Waals surface area contributed by atoms with Crippen LogP contribution in [0.2, 0.25) is 0 Å². The van der Waals surface area contributed by atoms with Gasteiger partial charge in [-0.2, -0.15) is 12.6 Å². The molecule has 0 atom stereocenters. The van der Waals surface area contributed by atoms with Gasteiger partial charge in [-0.15, -0.1) is 0 Å². The molecule has 0 aliphatic carbocycles. The molecule has 248 valence electrons. The molecule has 0 saturated heterocycles. The van der Waals surface area contributed by atoms with Crippen molar-refractivity contribution in [1.82, 2.24) is 0 Å². The van der Waals surface area contributed by atoms with E-state index >= 15 is 0 Å². The number of phosphoric ester groups is 1. The van der Waals surface area contributed by atoms with Gasteiger partial charge in [-0.05, 0) is 18.6 Å². The van der Waals surface area contributed by atoms with Crippen LogP contribution in [0.5, 0.6) is 0 Å². The number of thiol groups is 1. The maximum absolute atomic E-state index is 10.6. The van der Waals surface area contributed by atoms with Crippen LogP contribution in [-0.2, 0) is 9.09 Å². The van der Waals surface area contributed by atoms with Crippen LogP contribution in [-0.4, -0.2) is 22.1 Å². The average Bonchev–Trinajstić information content (AvgIpc) is 2.94. The molecular formula is C35H73O4PS. The summed E-state index contributed by atoms with van der Waals surface area (Å²) in [6, 6.07) is 0. The number of unbranched alkanes of at least 4 members (excludes halogenated alkanes) is 32. The number of phosphoric acid groups is 1. The Morgan fingerprint density at radius 3 is 0.683 bits per heavy atom. The highest BCUT2D eigenvalue weighted by atomic mass is 32.1. The van der Waals surface area contributed by atoms with Gasteiger partial charge in [0.2, 0.25) is 0 Å². The van der Waals surface area contributed by atoms with Crippen LogP contribution in [0.1, 0.15) is 212 Å². The Morgan fingerprint density at radius 2 is 0.512 bits per heavy atom. The van der Waals surface area contributed by atoms with Crippen molar-refractivity contribution in [2.75, 3.05) is 12.4 Å². The topological polar surface area (TPSA) is 66.8 Å². The molecule has 0 unspecified atom stereocenters. The molecule has 0 amide bonds. The molecule has 2 N–H and O–H groups in total. The smallest absolute Gasteiger partial charge is 0.303 e. The summed E-state index contributed by atoms with van der Waals surface area (Å²) in [6.45, 7) is 0.170. The van der Waals surface area contributed by atoms with Crippen LogP contribution in [0.4, 0.5) is 0 Å². The highest BCUT2D eigenvalue weighted by Crippen LogP contribution is 2.35. The van der Waals surface area contributed by atoms with Gasteiger partial charge in [0, 0.05) is 0 Å². The Balaban J connectivity index is 3.05. The van der Waals surface area contributed by atoms with E-state index in [0.717, 1.165) is 25.0 Å². The molecule has 41 heavy (non-hydrogen) atoms. The Morgan fingerprint density at radius 1 is 0.341 bits per heavy atom. The van der Waals surface area contributed by atoms with Crippen LogP contribution in [0.25, 0.3) is 0 Å². The van der Waals surface area contributed by atoms with Crippen molar-refractivity contribution in [1.29, 1.82) is 0 Å². The van der Waals surface area contributed by atoms with Gasteiger partial charge in [-0.25, -0.2) is 4.57 Å². The van der Waals surface area contributed by atoms with Gasteiger partial charge in [0.05, 0.1) is 6.61 Å². The fraction of sp³-hybridized carbons (Fsp3) is 1.00. The van der Waals surface area contributed by atoms with Crippen molar-refractivity contribution in [2.45, 2.75) is 212 Å². The van der Waals surface area contributed by atoms with E-state index in [1.807, 2.05) is 0 Å². The quantitative estimate of drug-likeness (QED) is 0.0370. The average molecular weight is 621 g/mol. The second-order valence-electron chi connectivity index (χ2n) is 12.7. The van der Waals surface area contributed by atoms with Crippen LogP contribution in [0.3, 0.4) is 0 Å². The number of hydrogen-bond acceptors (Lipinski definition) is 3. The van der Waals surface area contributed by atoms with E-state index in [4.69, 9.17) is 9.79 Å². The summed E-state index contributed by atoms with van der Waals surface area (Å²) in [4.78, 5) is 17.3. The lowest BCUT2D eigenvalue weighted by molar-refractivity contribution is 0.193. The number of hydrogen-bond donors (Lipinski definition) is 3. The molecule has 0 radical (unpaired) electrons. The molecule has 6 heteroatoms. The first-order valence-corrected chi connectivity index (χ1v) is 20.5. The van der Waals surface area contributed by atoms with Gasteiger partial charge < -0.3 is 9.79 Å². The van der Waals surface area contributed by atoms with Crippen molar-refractivity contribution in [3.63, 3.8) is 0 Å². The zero-order valence-electron chi connectivity index (χ0n) is 27.4. The van der Waals surface area contributed by atoms with Gasteiger partial charge in [0.1, 0.15) is 0 Å². The van der Waals surface area contributed by atoms with Crippen LogP contribution in [0, 0.1) is 0 Å². The summed E-state index contributed by atoms with van der Waals surface area (Å²) < 4.78 is 15.0. The first-order valence-electron chi connectivity index (χ1n) is 18.4. The minimum absolute atomic E-state index is 0.170. The van der Waals surface area contributed by atoms with Crippen LogP contribution < -0.4 is 0 Å². The van der Waals surface area contributed by atoms with Crippen molar-refractivity contribution in [3.8, 4) is 0 Å². The molecule has 0 aromatic heterocycles. The molecule has 0 aromatic carbocycles. The van der Waals surface area contributed by atoms with E-state index in [2.05, 4.69) is 17.2 Å². The highest BCUT2D eigenvalue weighted by Gasteiger charge is 2.12. The number of rotatable bonds is 36. The van der Waals surface area contributed by atoms with Crippen molar-refractivity contribution in [3.05, 3.63) is 0 Å². The van der Waals surface area contributed by atoms with E-state index in [-0.39, 0.29) is 6.61 Å². The lowest BCUT2D eigenvalue weighted by Crippen LogP contribution is -1.92. The normalized spacial score (nSPS) is 12.0. The third kappa shape index (κ3) is 40.5. The monoisotopic (exact) mass is 620 g/mol.